The highest BCUT2D eigenvalue weighted by Gasteiger charge is 2.21. The van der Waals surface area contributed by atoms with Crippen LogP contribution in [-0.4, -0.2) is 25.5 Å². The van der Waals surface area contributed by atoms with Crippen molar-refractivity contribution >= 4 is 23.2 Å². The van der Waals surface area contributed by atoms with Crippen molar-refractivity contribution in [1.29, 1.82) is 0 Å². The highest BCUT2D eigenvalue weighted by atomic mass is 35.5. The van der Waals surface area contributed by atoms with E-state index in [9.17, 15) is 4.79 Å². The first-order valence-electron chi connectivity index (χ1n) is 8.88. The maximum atomic E-state index is 12.7. The second-order valence-corrected chi connectivity index (χ2v) is 7.24. The van der Waals surface area contributed by atoms with Crippen molar-refractivity contribution in [2.24, 2.45) is 0 Å². The topological polar surface area (TPSA) is 64.7 Å². The van der Waals surface area contributed by atoms with Gasteiger partial charge in [-0.15, -0.1) is 0 Å². The molecule has 0 aliphatic heterocycles. The monoisotopic (exact) mass is 385 g/mol. The van der Waals surface area contributed by atoms with E-state index in [1.165, 1.54) is 11.1 Å². The first-order valence-corrected chi connectivity index (χ1v) is 9.26. The van der Waals surface area contributed by atoms with Crippen LogP contribution < -0.4 is 5.32 Å². The molecule has 1 N–H and O–H groups in total. The smallest absolute Gasteiger partial charge is 0.249 e. The highest BCUT2D eigenvalue weighted by molar-refractivity contribution is 6.31. The summed E-state index contributed by atoms with van der Waals surface area (Å²) in [6.07, 6.45) is 1.67. The Hall–Kier alpha value is -2.60. The van der Waals surface area contributed by atoms with Crippen LogP contribution in [0.3, 0.4) is 0 Å². The van der Waals surface area contributed by atoms with E-state index in [0.29, 0.717) is 17.3 Å². The molecular formula is C20H24ClN5O. The zero-order chi connectivity index (χ0) is 19.7. The molecule has 7 heteroatoms. The molecule has 0 saturated heterocycles. The van der Waals surface area contributed by atoms with Crippen LogP contribution in [0.1, 0.15) is 41.2 Å². The Labute approximate surface area is 164 Å². The lowest BCUT2D eigenvalue weighted by Crippen LogP contribution is -2.24. The third-order valence-electron chi connectivity index (χ3n) is 4.84. The van der Waals surface area contributed by atoms with Crippen LogP contribution in [0.15, 0.2) is 30.5 Å². The number of rotatable bonds is 5. The summed E-state index contributed by atoms with van der Waals surface area (Å²) in [6, 6.07) is 7.75. The third kappa shape index (κ3) is 3.90. The van der Waals surface area contributed by atoms with Crippen LogP contribution >= 0.6 is 11.6 Å². The molecule has 1 unspecified atom stereocenters. The standard InChI is InChI=1S/C20H24ClN5O/c1-12-8-6-7-9-17(12)10-25-15(4)19(14(3)24-25)22-20(27)16(5)26-11-18(21)13(2)23-26/h6-9,11,16H,10H2,1-5H3,(H,22,27). The first kappa shape index (κ1) is 19.2. The summed E-state index contributed by atoms with van der Waals surface area (Å²) in [6.45, 7) is 10.2. The predicted molar refractivity (Wildman–Crippen MR) is 107 cm³/mol. The zero-order valence-electron chi connectivity index (χ0n) is 16.2. The van der Waals surface area contributed by atoms with Crippen LogP contribution in [0.2, 0.25) is 5.02 Å². The van der Waals surface area contributed by atoms with Gasteiger partial charge in [-0.3, -0.25) is 14.2 Å². The zero-order valence-corrected chi connectivity index (χ0v) is 17.0. The molecule has 0 radical (unpaired) electrons. The van der Waals surface area contributed by atoms with Gasteiger partial charge in [-0.1, -0.05) is 35.9 Å². The molecular weight excluding hydrogens is 362 g/mol. The van der Waals surface area contributed by atoms with Crippen molar-refractivity contribution in [2.45, 2.75) is 47.2 Å². The van der Waals surface area contributed by atoms with Gasteiger partial charge in [-0.05, 0) is 45.7 Å². The Bertz CT molecular complexity index is 969. The number of nitrogens with zero attached hydrogens (tertiary/aromatic N) is 4. The van der Waals surface area contributed by atoms with E-state index >= 15 is 0 Å². The van der Waals surface area contributed by atoms with Crippen molar-refractivity contribution in [1.82, 2.24) is 19.6 Å². The number of nitrogens with one attached hydrogen (secondary N) is 1. The van der Waals surface area contributed by atoms with Gasteiger partial charge in [0.15, 0.2) is 0 Å². The molecule has 0 saturated carbocycles. The number of benzene rings is 1. The summed E-state index contributed by atoms with van der Waals surface area (Å²) in [5, 5.41) is 12.4. The molecule has 142 valence electrons. The Balaban J connectivity index is 1.80. The summed E-state index contributed by atoms with van der Waals surface area (Å²) in [4.78, 5) is 12.7. The van der Waals surface area contributed by atoms with E-state index in [2.05, 4.69) is 34.6 Å². The van der Waals surface area contributed by atoms with E-state index in [1.807, 2.05) is 37.6 Å². The molecule has 1 amide bonds. The molecule has 27 heavy (non-hydrogen) atoms. The highest BCUT2D eigenvalue weighted by Crippen LogP contribution is 2.23. The number of carbonyl (C=O) groups excluding carboxylic acids is 1. The number of aromatic nitrogens is 4. The molecule has 2 heterocycles. The fourth-order valence-corrected chi connectivity index (χ4v) is 3.12. The molecule has 0 bridgehead atoms. The van der Waals surface area contributed by atoms with Crippen molar-refractivity contribution < 1.29 is 4.79 Å². The second-order valence-electron chi connectivity index (χ2n) is 6.84. The van der Waals surface area contributed by atoms with Crippen molar-refractivity contribution in [3.63, 3.8) is 0 Å². The van der Waals surface area contributed by atoms with Crippen LogP contribution in [0.25, 0.3) is 0 Å². The normalized spacial score (nSPS) is 12.2. The Morgan fingerprint density at radius 2 is 1.85 bits per heavy atom. The summed E-state index contributed by atoms with van der Waals surface area (Å²) in [5.41, 5.74) is 5.58. The minimum atomic E-state index is -0.477. The molecule has 3 aromatic rings. The number of carbonyl (C=O) groups is 1. The molecule has 1 aromatic carbocycles. The summed E-state index contributed by atoms with van der Waals surface area (Å²) >= 11 is 6.05. The molecule has 0 fully saturated rings. The number of amides is 1. The second kappa shape index (κ2) is 7.56. The van der Waals surface area contributed by atoms with Crippen LogP contribution in [0, 0.1) is 27.7 Å². The van der Waals surface area contributed by atoms with Crippen molar-refractivity contribution in [2.75, 3.05) is 5.32 Å². The first-order chi connectivity index (χ1) is 12.8. The van der Waals surface area contributed by atoms with E-state index in [0.717, 1.165) is 17.1 Å². The van der Waals surface area contributed by atoms with Gasteiger partial charge in [0, 0.05) is 6.20 Å². The number of hydrogen-bond acceptors (Lipinski definition) is 3. The number of anilines is 1. The lowest BCUT2D eigenvalue weighted by molar-refractivity contribution is -0.119. The third-order valence-corrected chi connectivity index (χ3v) is 5.22. The van der Waals surface area contributed by atoms with Gasteiger partial charge >= 0.3 is 0 Å². The average Bonchev–Trinajstić information content (AvgIpc) is 3.10. The minimum absolute atomic E-state index is 0.157. The molecule has 2 aromatic heterocycles. The fraction of sp³-hybridized carbons (Fsp3) is 0.350. The van der Waals surface area contributed by atoms with Gasteiger partial charge in [0.05, 0.1) is 34.3 Å². The van der Waals surface area contributed by atoms with E-state index in [-0.39, 0.29) is 5.91 Å². The number of halogens is 1. The SMILES string of the molecule is Cc1ccccc1Cn1nc(C)c(NC(=O)C(C)n2cc(Cl)c(C)n2)c1C. The quantitative estimate of drug-likeness (QED) is 0.715. The maximum absolute atomic E-state index is 12.7. The van der Waals surface area contributed by atoms with Crippen molar-refractivity contribution in [3.05, 3.63) is 63.7 Å². The Morgan fingerprint density at radius 1 is 1.15 bits per heavy atom. The van der Waals surface area contributed by atoms with Crippen LogP contribution in [0.5, 0.6) is 0 Å². The molecule has 6 nitrogen and oxygen atoms in total. The summed E-state index contributed by atoms with van der Waals surface area (Å²) in [7, 11) is 0. The van der Waals surface area contributed by atoms with Gasteiger partial charge in [0.1, 0.15) is 6.04 Å². The van der Waals surface area contributed by atoms with Gasteiger partial charge in [-0.25, -0.2) is 0 Å². The van der Waals surface area contributed by atoms with Gasteiger partial charge < -0.3 is 5.32 Å². The van der Waals surface area contributed by atoms with Gasteiger partial charge in [0.2, 0.25) is 5.91 Å². The van der Waals surface area contributed by atoms with Gasteiger partial charge in [-0.2, -0.15) is 10.2 Å². The maximum Gasteiger partial charge on any atom is 0.249 e. The van der Waals surface area contributed by atoms with Crippen molar-refractivity contribution in [3.8, 4) is 0 Å². The Kier molecular flexibility index (Phi) is 5.37. The summed E-state index contributed by atoms with van der Waals surface area (Å²) in [5.74, 6) is -0.157. The number of hydrogen-bond donors (Lipinski definition) is 1. The van der Waals surface area contributed by atoms with Crippen LogP contribution in [0.4, 0.5) is 5.69 Å². The van der Waals surface area contributed by atoms with Gasteiger partial charge in [0.25, 0.3) is 0 Å². The van der Waals surface area contributed by atoms with Crippen LogP contribution in [-0.2, 0) is 11.3 Å². The predicted octanol–water partition coefficient (Wildman–Crippen LogP) is 4.21. The number of aryl methyl sites for hydroxylation is 3. The average molecular weight is 386 g/mol. The molecule has 1 atom stereocenters. The van der Waals surface area contributed by atoms with E-state index in [4.69, 9.17) is 11.6 Å². The molecule has 3 rings (SSSR count). The lowest BCUT2D eigenvalue weighted by Gasteiger charge is -2.13. The minimum Gasteiger partial charge on any atom is -0.321 e. The molecule has 0 aliphatic rings. The lowest BCUT2D eigenvalue weighted by atomic mass is 10.1. The molecule has 0 aliphatic carbocycles. The summed E-state index contributed by atoms with van der Waals surface area (Å²) < 4.78 is 3.50. The van der Waals surface area contributed by atoms with E-state index in [1.54, 1.807) is 17.8 Å². The largest absolute Gasteiger partial charge is 0.321 e. The Morgan fingerprint density at radius 3 is 2.48 bits per heavy atom. The fourth-order valence-electron chi connectivity index (χ4n) is 2.99. The van der Waals surface area contributed by atoms with E-state index < -0.39 is 6.04 Å². The molecule has 0 spiro atoms.